The SMILES string of the molecule is C=CCN1CCN(CCCOC(=O)C2c3ccccc3Oc3ccccc32)CC1.Cl.Cl. The van der Waals surface area contributed by atoms with Crippen molar-refractivity contribution < 1.29 is 14.3 Å². The number of piperazine rings is 1. The molecule has 0 saturated carbocycles. The molecule has 31 heavy (non-hydrogen) atoms. The van der Waals surface area contributed by atoms with E-state index in [2.05, 4.69) is 16.4 Å². The van der Waals surface area contributed by atoms with Crippen LogP contribution in [0.15, 0.2) is 61.2 Å². The molecule has 2 aliphatic rings. The molecule has 1 saturated heterocycles. The second-order valence-electron chi connectivity index (χ2n) is 7.56. The molecule has 0 atom stereocenters. The molecule has 0 radical (unpaired) electrons. The van der Waals surface area contributed by atoms with E-state index in [4.69, 9.17) is 9.47 Å². The number of carbonyl (C=O) groups is 1. The van der Waals surface area contributed by atoms with E-state index in [1.54, 1.807) is 0 Å². The van der Waals surface area contributed by atoms with Gasteiger partial charge in [0.15, 0.2) is 0 Å². The predicted octanol–water partition coefficient (Wildman–Crippen LogP) is 4.50. The monoisotopic (exact) mass is 464 g/mol. The van der Waals surface area contributed by atoms with Crippen LogP contribution in [0.4, 0.5) is 0 Å². The first-order chi connectivity index (χ1) is 14.3. The van der Waals surface area contributed by atoms with Crippen molar-refractivity contribution in [1.82, 2.24) is 9.80 Å². The minimum atomic E-state index is -0.432. The van der Waals surface area contributed by atoms with Gasteiger partial charge in [-0.2, -0.15) is 0 Å². The van der Waals surface area contributed by atoms with Crippen molar-refractivity contribution in [2.24, 2.45) is 0 Å². The molecule has 168 valence electrons. The fourth-order valence-corrected chi connectivity index (χ4v) is 4.09. The van der Waals surface area contributed by atoms with Crippen LogP contribution in [0.2, 0.25) is 0 Å². The number of benzene rings is 2. The summed E-state index contributed by atoms with van der Waals surface area (Å²) in [5.74, 6) is 0.818. The van der Waals surface area contributed by atoms with Gasteiger partial charge in [-0.05, 0) is 18.6 Å². The van der Waals surface area contributed by atoms with E-state index < -0.39 is 5.92 Å². The largest absolute Gasteiger partial charge is 0.465 e. The third-order valence-electron chi connectivity index (χ3n) is 5.63. The number of ether oxygens (including phenoxy) is 2. The highest BCUT2D eigenvalue weighted by Gasteiger charge is 2.33. The van der Waals surface area contributed by atoms with Gasteiger partial charge in [0, 0.05) is 50.4 Å². The second-order valence-corrected chi connectivity index (χ2v) is 7.56. The summed E-state index contributed by atoms with van der Waals surface area (Å²) in [6, 6.07) is 15.4. The van der Waals surface area contributed by atoms with Crippen molar-refractivity contribution in [2.75, 3.05) is 45.9 Å². The molecule has 7 heteroatoms. The maximum atomic E-state index is 13.0. The first-order valence-electron chi connectivity index (χ1n) is 10.3. The van der Waals surface area contributed by atoms with Crippen LogP contribution >= 0.6 is 24.8 Å². The summed E-state index contributed by atoms with van der Waals surface area (Å²) in [7, 11) is 0. The van der Waals surface area contributed by atoms with Gasteiger partial charge in [0.1, 0.15) is 17.4 Å². The molecule has 2 aromatic rings. The molecular formula is C24H30Cl2N2O3. The average molecular weight is 465 g/mol. The van der Waals surface area contributed by atoms with Gasteiger partial charge < -0.3 is 14.4 Å². The van der Waals surface area contributed by atoms with Crippen molar-refractivity contribution in [3.8, 4) is 11.5 Å². The van der Waals surface area contributed by atoms with E-state index >= 15 is 0 Å². The Balaban J connectivity index is 0.00000171. The Morgan fingerprint density at radius 1 is 0.968 bits per heavy atom. The van der Waals surface area contributed by atoms with Crippen molar-refractivity contribution in [3.63, 3.8) is 0 Å². The number of para-hydroxylation sites is 2. The number of hydrogen-bond donors (Lipinski definition) is 0. The normalized spacial score (nSPS) is 16.0. The van der Waals surface area contributed by atoms with Crippen LogP contribution in [0.25, 0.3) is 0 Å². The second kappa shape index (κ2) is 12.1. The van der Waals surface area contributed by atoms with Gasteiger partial charge in [0.05, 0.1) is 6.61 Å². The number of rotatable bonds is 7. The fourth-order valence-electron chi connectivity index (χ4n) is 4.09. The van der Waals surface area contributed by atoms with Crippen molar-refractivity contribution >= 4 is 30.8 Å². The summed E-state index contributed by atoms with van der Waals surface area (Å²) in [5.41, 5.74) is 1.74. The Kier molecular flexibility index (Phi) is 9.85. The zero-order valence-electron chi connectivity index (χ0n) is 17.6. The minimum absolute atomic E-state index is 0. The van der Waals surface area contributed by atoms with Gasteiger partial charge >= 0.3 is 5.97 Å². The molecule has 0 unspecified atom stereocenters. The highest BCUT2D eigenvalue weighted by Crippen LogP contribution is 2.44. The molecule has 4 rings (SSSR count). The van der Waals surface area contributed by atoms with Crippen LogP contribution in [-0.4, -0.2) is 61.6 Å². The summed E-state index contributed by atoms with van der Waals surface area (Å²) >= 11 is 0. The van der Waals surface area contributed by atoms with E-state index in [0.717, 1.165) is 68.3 Å². The highest BCUT2D eigenvalue weighted by molar-refractivity contribution is 5.86. The lowest BCUT2D eigenvalue weighted by atomic mass is 9.88. The van der Waals surface area contributed by atoms with Crippen molar-refractivity contribution in [3.05, 3.63) is 72.3 Å². The summed E-state index contributed by atoms with van der Waals surface area (Å²) < 4.78 is 11.7. The molecule has 0 bridgehead atoms. The van der Waals surface area contributed by atoms with Gasteiger partial charge in [-0.25, -0.2) is 0 Å². The zero-order valence-corrected chi connectivity index (χ0v) is 19.2. The fraction of sp³-hybridized carbons (Fsp3) is 0.375. The van der Waals surface area contributed by atoms with Crippen molar-refractivity contribution in [1.29, 1.82) is 0 Å². The van der Waals surface area contributed by atoms with Gasteiger partial charge in [-0.3, -0.25) is 9.69 Å². The molecule has 5 nitrogen and oxygen atoms in total. The standard InChI is InChI=1S/C24H28N2O3.2ClH/c1-2-12-25-14-16-26(17-15-25)13-7-18-28-24(27)23-19-8-3-5-10-21(19)29-22-11-6-4-9-20(22)23;;/h2-6,8-11,23H,1,7,12-18H2;2*1H. The quantitative estimate of drug-likeness (QED) is 0.342. The van der Waals surface area contributed by atoms with E-state index in [0.29, 0.717) is 6.61 Å². The summed E-state index contributed by atoms with van der Waals surface area (Å²) in [6.45, 7) is 10.4. The Labute approximate surface area is 196 Å². The lowest BCUT2D eigenvalue weighted by Crippen LogP contribution is -2.46. The van der Waals surface area contributed by atoms with E-state index in [1.165, 1.54) is 0 Å². The number of hydrogen-bond acceptors (Lipinski definition) is 5. The van der Waals surface area contributed by atoms with Crippen molar-refractivity contribution in [2.45, 2.75) is 12.3 Å². The Morgan fingerprint density at radius 3 is 2.10 bits per heavy atom. The molecule has 2 heterocycles. The van der Waals surface area contributed by atoms with Crippen LogP contribution in [-0.2, 0) is 9.53 Å². The molecule has 0 amide bonds. The summed E-state index contributed by atoms with van der Waals surface area (Å²) in [6.07, 6.45) is 2.81. The maximum Gasteiger partial charge on any atom is 0.318 e. The smallest absolute Gasteiger partial charge is 0.318 e. The van der Waals surface area contributed by atoms with E-state index in [1.807, 2.05) is 54.6 Å². The molecular weight excluding hydrogens is 435 g/mol. The van der Waals surface area contributed by atoms with Crippen LogP contribution in [0, 0.1) is 0 Å². The summed E-state index contributed by atoms with van der Waals surface area (Å²) in [5, 5.41) is 0. The topological polar surface area (TPSA) is 42.0 Å². The molecule has 0 spiro atoms. The molecule has 2 aliphatic heterocycles. The van der Waals surface area contributed by atoms with Gasteiger partial charge in [-0.15, -0.1) is 31.4 Å². The third kappa shape index (κ3) is 6.01. The number of esters is 1. The van der Waals surface area contributed by atoms with Crippen LogP contribution in [0.3, 0.4) is 0 Å². The minimum Gasteiger partial charge on any atom is -0.465 e. The Morgan fingerprint density at radius 2 is 1.52 bits per heavy atom. The number of halogens is 2. The lowest BCUT2D eigenvalue weighted by molar-refractivity contribution is -0.144. The van der Waals surface area contributed by atoms with E-state index in [9.17, 15) is 4.79 Å². The van der Waals surface area contributed by atoms with Crippen LogP contribution in [0.1, 0.15) is 23.5 Å². The van der Waals surface area contributed by atoms with Gasteiger partial charge in [-0.1, -0.05) is 42.5 Å². The molecule has 0 aliphatic carbocycles. The molecule has 0 N–H and O–H groups in total. The summed E-state index contributed by atoms with van der Waals surface area (Å²) in [4.78, 5) is 17.8. The average Bonchev–Trinajstić information content (AvgIpc) is 2.76. The number of fused-ring (bicyclic) bond motifs is 2. The Hall–Kier alpha value is -2.05. The third-order valence-corrected chi connectivity index (χ3v) is 5.63. The lowest BCUT2D eigenvalue weighted by Gasteiger charge is -2.34. The van der Waals surface area contributed by atoms with Crippen LogP contribution in [0.5, 0.6) is 11.5 Å². The first-order valence-corrected chi connectivity index (χ1v) is 10.3. The highest BCUT2D eigenvalue weighted by atomic mass is 35.5. The maximum absolute atomic E-state index is 13.0. The Bertz CT molecular complexity index is 824. The molecule has 0 aromatic heterocycles. The van der Waals surface area contributed by atoms with Gasteiger partial charge in [0.2, 0.25) is 0 Å². The first kappa shape index (κ1) is 25.2. The van der Waals surface area contributed by atoms with Crippen LogP contribution < -0.4 is 4.74 Å². The number of carbonyl (C=O) groups excluding carboxylic acids is 1. The predicted molar refractivity (Wildman–Crippen MR) is 128 cm³/mol. The zero-order chi connectivity index (χ0) is 20.1. The van der Waals surface area contributed by atoms with Gasteiger partial charge in [0.25, 0.3) is 0 Å². The van der Waals surface area contributed by atoms with E-state index in [-0.39, 0.29) is 30.8 Å². The molecule has 2 aromatic carbocycles. The molecule has 1 fully saturated rings. The number of nitrogens with zero attached hydrogens (tertiary/aromatic N) is 2.